The highest BCUT2D eigenvalue weighted by atomic mass is 35.5. The molecule has 1 aliphatic carbocycles. The first-order valence-electron chi connectivity index (χ1n) is 10.2. The third-order valence-corrected chi connectivity index (χ3v) is 6.25. The van der Waals surface area contributed by atoms with Crippen molar-refractivity contribution in [2.24, 2.45) is 0 Å². The van der Waals surface area contributed by atoms with Crippen LogP contribution in [0.4, 0.5) is 11.4 Å². The fourth-order valence-corrected chi connectivity index (χ4v) is 4.81. The van der Waals surface area contributed by atoms with Crippen molar-refractivity contribution >= 4 is 45.7 Å². The molecule has 2 amide bonds. The zero-order valence-corrected chi connectivity index (χ0v) is 16.8. The fourth-order valence-electron chi connectivity index (χ4n) is 4.52. The molecule has 5 rings (SSSR count). The molecule has 1 fully saturated rings. The Morgan fingerprint density at radius 1 is 1.07 bits per heavy atom. The van der Waals surface area contributed by atoms with Crippen LogP contribution < -0.4 is 10.2 Å². The lowest BCUT2D eigenvalue weighted by molar-refractivity contribution is -0.117. The molecule has 148 valence electrons. The van der Waals surface area contributed by atoms with E-state index in [0.717, 1.165) is 30.2 Å². The van der Waals surface area contributed by atoms with E-state index in [0.29, 0.717) is 34.9 Å². The average Bonchev–Trinajstić information content (AvgIpc) is 3.31. The minimum Gasteiger partial charge on any atom is -0.358 e. The van der Waals surface area contributed by atoms with E-state index in [1.54, 1.807) is 23.1 Å². The van der Waals surface area contributed by atoms with Crippen molar-refractivity contribution in [2.45, 2.75) is 38.5 Å². The van der Waals surface area contributed by atoms with E-state index in [4.69, 9.17) is 11.6 Å². The molecule has 29 heavy (non-hydrogen) atoms. The first kappa shape index (κ1) is 18.3. The largest absolute Gasteiger partial charge is 0.358 e. The van der Waals surface area contributed by atoms with Crippen LogP contribution >= 0.6 is 11.6 Å². The van der Waals surface area contributed by atoms with Crippen LogP contribution in [0.2, 0.25) is 5.02 Å². The first-order chi connectivity index (χ1) is 14.1. The number of para-hydroxylation sites is 1. The second-order valence-electron chi connectivity index (χ2n) is 7.79. The average molecular weight is 408 g/mol. The molecule has 2 aliphatic rings. The van der Waals surface area contributed by atoms with E-state index in [1.165, 1.54) is 24.1 Å². The lowest BCUT2D eigenvalue weighted by Crippen LogP contribution is -2.24. The third-order valence-electron chi connectivity index (χ3n) is 5.95. The van der Waals surface area contributed by atoms with Gasteiger partial charge in [0.25, 0.3) is 5.91 Å². The molecule has 0 saturated carbocycles. The van der Waals surface area contributed by atoms with Gasteiger partial charge in [-0.25, -0.2) is 0 Å². The van der Waals surface area contributed by atoms with E-state index in [-0.39, 0.29) is 11.8 Å². The zero-order chi connectivity index (χ0) is 20.0. The predicted molar refractivity (Wildman–Crippen MR) is 116 cm³/mol. The lowest BCUT2D eigenvalue weighted by atomic mass is 9.95. The smallest absolute Gasteiger partial charge is 0.257 e. The molecule has 0 spiro atoms. The summed E-state index contributed by atoms with van der Waals surface area (Å²) in [5.74, 6) is -0.0821. The van der Waals surface area contributed by atoms with Crippen LogP contribution in [-0.2, 0) is 17.6 Å². The van der Waals surface area contributed by atoms with Gasteiger partial charge in [0.1, 0.15) is 0 Å². The molecule has 5 nitrogen and oxygen atoms in total. The fraction of sp³-hybridized carbons (Fsp3) is 0.304. The summed E-state index contributed by atoms with van der Waals surface area (Å²) in [4.78, 5) is 30.2. The highest BCUT2D eigenvalue weighted by Gasteiger charge is 2.24. The van der Waals surface area contributed by atoms with E-state index in [2.05, 4.69) is 16.4 Å². The van der Waals surface area contributed by atoms with Gasteiger partial charge >= 0.3 is 0 Å². The van der Waals surface area contributed by atoms with Crippen molar-refractivity contribution in [1.29, 1.82) is 0 Å². The quantitative estimate of drug-likeness (QED) is 0.635. The van der Waals surface area contributed by atoms with Gasteiger partial charge in [-0.05, 0) is 61.9 Å². The van der Waals surface area contributed by atoms with Crippen LogP contribution in [0, 0.1) is 0 Å². The normalized spacial score (nSPS) is 16.3. The van der Waals surface area contributed by atoms with E-state index < -0.39 is 0 Å². The Bertz CT molecular complexity index is 1130. The number of nitrogens with zero attached hydrogens (tertiary/aromatic N) is 1. The molecule has 3 aromatic rings. The Balaban J connectivity index is 1.43. The van der Waals surface area contributed by atoms with Gasteiger partial charge in [0.05, 0.1) is 21.8 Å². The molecule has 6 heteroatoms. The lowest BCUT2D eigenvalue weighted by Gasteiger charge is -2.18. The van der Waals surface area contributed by atoms with Crippen LogP contribution in [0.3, 0.4) is 0 Å². The number of aromatic amines is 1. The number of rotatable bonds is 3. The van der Waals surface area contributed by atoms with Crippen molar-refractivity contribution in [3.63, 3.8) is 0 Å². The van der Waals surface area contributed by atoms with Crippen LogP contribution in [0.5, 0.6) is 0 Å². The van der Waals surface area contributed by atoms with Gasteiger partial charge in [-0.3, -0.25) is 9.59 Å². The summed E-state index contributed by atoms with van der Waals surface area (Å²) in [6, 6.07) is 11.2. The number of fused-ring (bicyclic) bond motifs is 3. The van der Waals surface area contributed by atoms with E-state index in [9.17, 15) is 9.59 Å². The Labute approximate surface area is 174 Å². The summed E-state index contributed by atoms with van der Waals surface area (Å²) in [6.07, 6.45) is 5.88. The van der Waals surface area contributed by atoms with Gasteiger partial charge in [0, 0.05) is 29.7 Å². The number of anilines is 2. The molecule has 0 radical (unpaired) electrons. The molecular weight excluding hydrogens is 386 g/mol. The summed E-state index contributed by atoms with van der Waals surface area (Å²) in [5, 5.41) is 4.56. The summed E-state index contributed by atoms with van der Waals surface area (Å²) in [7, 11) is 0. The molecule has 1 aromatic heterocycles. The minimum absolute atomic E-state index is 0.0890. The highest BCUT2D eigenvalue weighted by Crippen LogP contribution is 2.33. The Morgan fingerprint density at radius 2 is 1.93 bits per heavy atom. The van der Waals surface area contributed by atoms with Crippen LogP contribution in [0.25, 0.3) is 10.9 Å². The van der Waals surface area contributed by atoms with Gasteiger partial charge in [-0.1, -0.05) is 23.7 Å². The zero-order valence-electron chi connectivity index (χ0n) is 16.1. The molecule has 0 bridgehead atoms. The van der Waals surface area contributed by atoms with Gasteiger partial charge < -0.3 is 15.2 Å². The van der Waals surface area contributed by atoms with Gasteiger partial charge in [0.2, 0.25) is 5.91 Å². The SMILES string of the molecule is O=C(Nc1ccc(N2CCCC2=O)c(Cl)c1)c1cccc2c3c([nH]c12)CCCC3. The monoisotopic (exact) mass is 407 g/mol. The molecule has 2 N–H and O–H groups in total. The topological polar surface area (TPSA) is 65.2 Å². The highest BCUT2D eigenvalue weighted by molar-refractivity contribution is 6.34. The third kappa shape index (κ3) is 3.19. The number of amides is 2. The maximum absolute atomic E-state index is 13.0. The second kappa shape index (κ2) is 7.23. The predicted octanol–water partition coefficient (Wildman–Crippen LogP) is 5.08. The molecular formula is C23H22ClN3O2. The summed E-state index contributed by atoms with van der Waals surface area (Å²) >= 11 is 6.42. The molecule has 0 unspecified atom stereocenters. The van der Waals surface area contributed by atoms with E-state index in [1.807, 2.05) is 12.1 Å². The number of H-pyrrole nitrogens is 1. The molecule has 0 atom stereocenters. The minimum atomic E-state index is -0.171. The standard InChI is InChI=1S/C23H22ClN3O2/c24-18-13-14(10-11-20(18)27-12-4-9-21(27)28)25-23(29)17-7-3-6-16-15-5-1-2-8-19(15)26-22(16)17/h3,6-7,10-11,13,26H,1-2,4-5,8-9,12H2,(H,25,29). The van der Waals surface area contributed by atoms with Crippen LogP contribution in [-0.4, -0.2) is 23.3 Å². The number of hydrogen-bond acceptors (Lipinski definition) is 2. The number of hydrogen-bond donors (Lipinski definition) is 2. The van der Waals surface area contributed by atoms with Crippen molar-refractivity contribution in [2.75, 3.05) is 16.8 Å². The van der Waals surface area contributed by atoms with Crippen molar-refractivity contribution in [3.05, 3.63) is 58.2 Å². The summed E-state index contributed by atoms with van der Waals surface area (Å²) < 4.78 is 0. The van der Waals surface area contributed by atoms with Gasteiger partial charge in [-0.15, -0.1) is 0 Å². The maximum atomic E-state index is 13.0. The molecule has 1 saturated heterocycles. The second-order valence-corrected chi connectivity index (χ2v) is 8.19. The van der Waals surface area contributed by atoms with Crippen molar-refractivity contribution in [3.8, 4) is 0 Å². The van der Waals surface area contributed by atoms with Crippen LogP contribution in [0.1, 0.15) is 47.3 Å². The summed E-state index contributed by atoms with van der Waals surface area (Å²) in [6.45, 7) is 0.684. The molecule has 1 aliphatic heterocycles. The van der Waals surface area contributed by atoms with Gasteiger partial charge in [0.15, 0.2) is 0 Å². The molecule has 2 heterocycles. The van der Waals surface area contributed by atoms with Gasteiger partial charge in [-0.2, -0.15) is 0 Å². The number of carbonyl (C=O) groups excluding carboxylic acids is 2. The molecule has 2 aromatic carbocycles. The maximum Gasteiger partial charge on any atom is 0.257 e. The Hall–Kier alpha value is -2.79. The Morgan fingerprint density at radius 3 is 2.72 bits per heavy atom. The number of nitrogens with one attached hydrogen (secondary N) is 2. The van der Waals surface area contributed by atoms with Crippen LogP contribution in [0.15, 0.2) is 36.4 Å². The number of aryl methyl sites for hydroxylation is 2. The summed E-state index contributed by atoms with van der Waals surface area (Å²) in [5.41, 5.74) is 5.46. The number of halogens is 1. The number of carbonyl (C=O) groups is 2. The number of aromatic nitrogens is 1. The van der Waals surface area contributed by atoms with Crippen molar-refractivity contribution in [1.82, 2.24) is 4.98 Å². The van der Waals surface area contributed by atoms with Crippen molar-refractivity contribution < 1.29 is 9.59 Å². The number of benzene rings is 2. The first-order valence-corrected chi connectivity index (χ1v) is 10.5. The Kier molecular flexibility index (Phi) is 4.55. The van der Waals surface area contributed by atoms with E-state index >= 15 is 0 Å².